The molecule has 0 unspecified atom stereocenters. The first kappa shape index (κ1) is 13.9. The molecule has 0 aliphatic rings. The molecule has 2 aromatic rings. The van der Waals surface area contributed by atoms with Crippen molar-refractivity contribution in [3.8, 4) is 0 Å². The molecule has 3 N–H and O–H groups in total. The predicted octanol–water partition coefficient (Wildman–Crippen LogP) is 3.33. The number of hydrogen-bond donors (Lipinski definition) is 2. The minimum absolute atomic E-state index is 0.273. The number of nitrogens with two attached hydrogens (primary N) is 1. The lowest BCUT2D eigenvalue weighted by atomic mass is 10.1. The molecule has 0 bridgehead atoms. The van der Waals surface area contributed by atoms with Crippen molar-refractivity contribution >= 4 is 23.0 Å². The van der Waals surface area contributed by atoms with Crippen LogP contribution in [-0.4, -0.2) is 12.6 Å². The molecule has 5 heteroatoms. The van der Waals surface area contributed by atoms with Gasteiger partial charge in [0.05, 0.1) is 23.5 Å². The molecule has 0 radical (unpaired) electrons. The van der Waals surface area contributed by atoms with Gasteiger partial charge in [-0.2, -0.15) is 0 Å². The Balaban J connectivity index is 2.29. The van der Waals surface area contributed by atoms with E-state index in [-0.39, 0.29) is 23.7 Å². The van der Waals surface area contributed by atoms with Crippen LogP contribution in [0.15, 0.2) is 42.5 Å². The molecular weight excluding hydrogens is 259 g/mol. The van der Waals surface area contributed by atoms with Gasteiger partial charge in [-0.15, -0.1) is 0 Å². The minimum atomic E-state index is -0.479. The average molecular weight is 274 g/mol. The summed E-state index contributed by atoms with van der Waals surface area (Å²) < 4.78 is 18.1. The highest BCUT2D eigenvalue weighted by atomic mass is 19.1. The van der Waals surface area contributed by atoms with Gasteiger partial charge in [-0.25, -0.2) is 9.18 Å². The molecule has 2 rings (SSSR count). The normalized spacial score (nSPS) is 10.1. The zero-order chi connectivity index (χ0) is 14.5. The van der Waals surface area contributed by atoms with Gasteiger partial charge >= 0.3 is 5.97 Å². The highest BCUT2D eigenvalue weighted by Crippen LogP contribution is 2.27. The standard InChI is InChI=1S/C15H15FN2O2/c1-2-20-15(19)12-7-4-8-13(14(12)17)18-11-6-3-5-10(16)9-11/h3-9,18H,2,17H2,1H3. The van der Waals surface area contributed by atoms with Crippen molar-refractivity contribution in [2.24, 2.45) is 0 Å². The van der Waals surface area contributed by atoms with Gasteiger partial charge < -0.3 is 15.8 Å². The van der Waals surface area contributed by atoms with E-state index < -0.39 is 5.97 Å². The third-order valence-electron chi connectivity index (χ3n) is 2.71. The van der Waals surface area contributed by atoms with Gasteiger partial charge in [0.25, 0.3) is 0 Å². The zero-order valence-corrected chi connectivity index (χ0v) is 11.0. The summed E-state index contributed by atoms with van der Waals surface area (Å²) in [7, 11) is 0. The number of esters is 1. The van der Waals surface area contributed by atoms with Gasteiger partial charge in [-0.1, -0.05) is 12.1 Å². The third-order valence-corrected chi connectivity index (χ3v) is 2.71. The Hall–Kier alpha value is -2.56. The van der Waals surface area contributed by atoms with E-state index in [4.69, 9.17) is 10.5 Å². The van der Waals surface area contributed by atoms with E-state index in [9.17, 15) is 9.18 Å². The predicted molar refractivity (Wildman–Crippen MR) is 76.5 cm³/mol. The molecule has 2 aromatic carbocycles. The second kappa shape index (κ2) is 6.06. The number of nitrogen functional groups attached to an aromatic ring is 1. The summed E-state index contributed by atoms with van der Waals surface area (Å²) >= 11 is 0. The maximum atomic E-state index is 13.1. The lowest BCUT2D eigenvalue weighted by Crippen LogP contribution is -2.09. The largest absolute Gasteiger partial charge is 0.462 e. The van der Waals surface area contributed by atoms with Crippen LogP contribution in [0.3, 0.4) is 0 Å². The molecule has 0 aliphatic carbocycles. The first-order chi connectivity index (χ1) is 9.61. The molecule has 20 heavy (non-hydrogen) atoms. The second-order valence-corrected chi connectivity index (χ2v) is 4.12. The molecule has 0 saturated heterocycles. The molecule has 0 atom stereocenters. The van der Waals surface area contributed by atoms with E-state index >= 15 is 0 Å². The summed E-state index contributed by atoms with van der Waals surface area (Å²) in [6.07, 6.45) is 0. The van der Waals surface area contributed by atoms with E-state index in [0.29, 0.717) is 11.4 Å². The van der Waals surface area contributed by atoms with Gasteiger partial charge in [0.2, 0.25) is 0 Å². The zero-order valence-electron chi connectivity index (χ0n) is 11.0. The maximum Gasteiger partial charge on any atom is 0.340 e. The summed E-state index contributed by atoms with van der Waals surface area (Å²) in [5.74, 6) is -0.831. The molecule has 0 heterocycles. The van der Waals surface area contributed by atoms with Gasteiger partial charge in [0.15, 0.2) is 0 Å². The molecule has 4 nitrogen and oxygen atoms in total. The summed E-state index contributed by atoms with van der Waals surface area (Å²) in [6.45, 7) is 2.00. The highest BCUT2D eigenvalue weighted by molar-refractivity contribution is 5.98. The Morgan fingerprint density at radius 3 is 2.75 bits per heavy atom. The number of carbonyl (C=O) groups excluding carboxylic acids is 1. The van der Waals surface area contributed by atoms with E-state index in [1.54, 1.807) is 37.3 Å². The number of benzene rings is 2. The number of nitrogens with one attached hydrogen (secondary N) is 1. The fourth-order valence-corrected chi connectivity index (χ4v) is 1.78. The topological polar surface area (TPSA) is 64.3 Å². The van der Waals surface area contributed by atoms with Crippen molar-refractivity contribution in [2.45, 2.75) is 6.92 Å². The Labute approximate surface area is 116 Å². The average Bonchev–Trinajstić information content (AvgIpc) is 2.41. The van der Waals surface area contributed by atoms with Crippen LogP contribution in [0, 0.1) is 5.82 Å². The van der Waals surface area contributed by atoms with Crippen LogP contribution in [0.2, 0.25) is 0 Å². The van der Waals surface area contributed by atoms with E-state index in [0.717, 1.165) is 0 Å². The van der Waals surface area contributed by atoms with E-state index in [2.05, 4.69) is 5.32 Å². The van der Waals surface area contributed by atoms with Crippen molar-refractivity contribution in [2.75, 3.05) is 17.7 Å². The van der Waals surface area contributed by atoms with Crippen LogP contribution in [0.5, 0.6) is 0 Å². The maximum absolute atomic E-state index is 13.1. The van der Waals surface area contributed by atoms with Gasteiger partial charge in [-0.05, 0) is 37.3 Å². The Bertz CT molecular complexity index is 629. The van der Waals surface area contributed by atoms with Crippen molar-refractivity contribution in [3.63, 3.8) is 0 Å². The van der Waals surface area contributed by atoms with Gasteiger partial charge in [0, 0.05) is 5.69 Å². The number of ether oxygens (including phenoxy) is 1. The minimum Gasteiger partial charge on any atom is -0.462 e. The Morgan fingerprint density at radius 1 is 1.30 bits per heavy atom. The SMILES string of the molecule is CCOC(=O)c1cccc(Nc2cccc(F)c2)c1N. The molecule has 0 fully saturated rings. The Morgan fingerprint density at radius 2 is 2.05 bits per heavy atom. The number of halogens is 1. The fraction of sp³-hybridized carbons (Fsp3) is 0.133. The lowest BCUT2D eigenvalue weighted by Gasteiger charge is -2.12. The number of anilines is 3. The van der Waals surface area contributed by atoms with Crippen molar-refractivity contribution < 1.29 is 13.9 Å². The summed E-state index contributed by atoms with van der Waals surface area (Å²) in [6, 6.07) is 11.0. The molecule has 0 amide bonds. The van der Waals surface area contributed by atoms with Crippen LogP contribution in [0.1, 0.15) is 17.3 Å². The molecule has 0 spiro atoms. The second-order valence-electron chi connectivity index (χ2n) is 4.12. The summed E-state index contributed by atoms with van der Waals surface area (Å²) in [5.41, 5.74) is 7.58. The monoisotopic (exact) mass is 274 g/mol. The van der Waals surface area contributed by atoms with E-state index in [1.807, 2.05) is 0 Å². The summed E-state index contributed by atoms with van der Waals surface area (Å²) in [4.78, 5) is 11.7. The van der Waals surface area contributed by atoms with Gasteiger partial charge in [0.1, 0.15) is 5.82 Å². The number of rotatable bonds is 4. The number of para-hydroxylation sites is 1. The molecule has 0 saturated carbocycles. The molecule has 0 aliphatic heterocycles. The number of carbonyl (C=O) groups is 1. The first-order valence-corrected chi connectivity index (χ1v) is 6.20. The van der Waals surface area contributed by atoms with Crippen LogP contribution >= 0.6 is 0 Å². The highest BCUT2D eigenvalue weighted by Gasteiger charge is 2.13. The summed E-state index contributed by atoms with van der Waals surface area (Å²) in [5, 5.41) is 2.98. The van der Waals surface area contributed by atoms with E-state index in [1.165, 1.54) is 12.1 Å². The Kier molecular flexibility index (Phi) is 4.20. The fourth-order valence-electron chi connectivity index (χ4n) is 1.78. The number of hydrogen-bond acceptors (Lipinski definition) is 4. The van der Waals surface area contributed by atoms with Crippen LogP contribution in [0.25, 0.3) is 0 Å². The molecule has 104 valence electrons. The van der Waals surface area contributed by atoms with Gasteiger partial charge in [-0.3, -0.25) is 0 Å². The molecule has 0 aromatic heterocycles. The quantitative estimate of drug-likeness (QED) is 0.663. The van der Waals surface area contributed by atoms with Crippen molar-refractivity contribution in [3.05, 3.63) is 53.8 Å². The first-order valence-electron chi connectivity index (χ1n) is 6.20. The van der Waals surface area contributed by atoms with Crippen LogP contribution < -0.4 is 11.1 Å². The molecular formula is C15H15FN2O2. The van der Waals surface area contributed by atoms with Crippen LogP contribution in [0.4, 0.5) is 21.5 Å². The smallest absolute Gasteiger partial charge is 0.340 e. The van der Waals surface area contributed by atoms with Crippen LogP contribution in [-0.2, 0) is 4.74 Å². The third kappa shape index (κ3) is 3.06. The lowest BCUT2D eigenvalue weighted by molar-refractivity contribution is 0.0527. The van der Waals surface area contributed by atoms with Crippen molar-refractivity contribution in [1.82, 2.24) is 0 Å². The van der Waals surface area contributed by atoms with Crippen molar-refractivity contribution in [1.29, 1.82) is 0 Å².